The van der Waals surface area contributed by atoms with Crippen LogP contribution in [0.4, 0.5) is 0 Å². The number of para-hydroxylation sites is 1. The predicted molar refractivity (Wildman–Crippen MR) is 135 cm³/mol. The predicted octanol–water partition coefficient (Wildman–Crippen LogP) is 7.16. The van der Waals surface area contributed by atoms with Crippen molar-refractivity contribution in [2.45, 2.75) is 19.6 Å². The molecule has 0 aliphatic rings. The maximum Gasteiger partial charge on any atom is 0.175 e. The minimum Gasteiger partial charge on any atom is -0.493 e. The molecule has 7 heteroatoms. The summed E-state index contributed by atoms with van der Waals surface area (Å²) in [6.07, 6.45) is 3.03. The fourth-order valence-electron chi connectivity index (χ4n) is 3.62. The monoisotopic (exact) mass is 532 g/mol. The fraction of sp³-hybridized carbons (Fsp3) is 0.200. The second kappa shape index (κ2) is 10.6. The van der Waals surface area contributed by atoms with Crippen molar-refractivity contribution >= 4 is 50.0 Å². The van der Waals surface area contributed by atoms with Crippen LogP contribution >= 0.6 is 39.1 Å². The van der Waals surface area contributed by atoms with Crippen LogP contribution in [0.5, 0.6) is 11.5 Å². The number of H-pyrrole nitrogens is 1. The Bertz CT molecular complexity index is 1210. The fourth-order valence-corrected chi connectivity index (χ4v) is 4.73. The van der Waals surface area contributed by atoms with Gasteiger partial charge >= 0.3 is 0 Å². The van der Waals surface area contributed by atoms with Gasteiger partial charge in [0.1, 0.15) is 6.61 Å². The van der Waals surface area contributed by atoms with Crippen molar-refractivity contribution < 1.29 is 9.47 Å². The van der Waals surface area contributed by atoms with Crippen molar-refractivity contribution in [2.75, 3.05) is 13.7 Å². The van der Waals surface area contributed by atoms with E-state index in [9.17, 15) is 0 Å². The van der Waals surface area contributed by atoms with Crippen molar-refractivity contribution in [3.63, 3.8) is 0 Å². The third-order valence-corrected chi connectivity index (χ3v) is 6.58. The third kappa shape index (κ3) is 5.24. The maximum atomic E-state index is 6.26. The topological polar surface area (TPSA) is 46.3 Å². The number of benzene rings is 3. The molecule has 0 atom stereocenters. The molecular formula is C25H23BrCl2N2O2. The Kier molecular flexibility index (Phi) is 7.63. The van der Waals surface area contributed by atoms with Crippen LogP contribution in [0.25, 0.3) is 10.9 Å². The summed E-state index contributed by atoms with van der Waals surface area (Å²) in [6, 6.07) is 17.8. The van der Waals surface area contributed by atoms with E-state index in [1.807, 2.05) is 24.3 Å². The number of aromatic amines is 1. The molecule has 2 N–H and O–H groups in total. The van der Waals surface area contributed by atoms with E-state index in [1.165, 1.54) is 16.5 Å². The van der Waals surface area contributed by atoms with E-state index in [2.05, 4.69) is 50.6 Å². The molecule has 4 rings (SSSR count). The van der Waals surface area contributed by atoms with Crippen LogP contribution in [0.1, 0.15) is 16.7 Å². The van der Waals surface area contributed by atoms with Crippen molar-refractivity contribution in [3.05, 3.63) is 92.0 Å². The van der Waals surface area contributed by atoms with Crippen LogP contribution < -0.4 is 14.8 Å². The first-order chi connectivity index (χ1) is 15.6. The van der Waals surface area contributed by atoms with Crippen molar-refractivity contribution in [3.8, 4) is 11.5 Å². The molecule has 1 heterocycles. The van der Waals surface area contributed by atoms with Gasteiger partial charge in [-0.15, -0.1) is 0 Å². The van der Waals surface area contributed by atoms with Crippen molar-refractivity contribution in [2.24, 2.45) is 0 Å². The van der Waals surface area contributed by atoms with E-state index in [4.69, 9.17) is 32.7 Å². The second-order valence-corrected chi connectivity index (χ2v) is 9.05. The average molecular weight is 534 g/mol. The maximum absolute atomic E-state index is 6.26. The number of halogens is 3. The van der Waals surface area contributed by atoms with Gasteiger partial charge in [0, 0.05) is 39.3 Å². The lowest BCUT2D eigenvalue weighted by Crippen LogP contribution is -2.16. The van der Waals surface area contributed by atoms with E-state index >= 15 is 0 Å². The largest absolute Gasteiger partial charge is 0.493 e. The molecular weight excluding hydrogens is 511 g/mol. The second-order valence-electron chi connectivity index (χ2n) is 7.38. The van der Waals surface area contributed by atoms with E-state index in [0.29, 0.717) is 28.1 Å². The first-order valence-electron chi connectivity index (χ1n) is 10.2. The first kappa shape index (κ1) is 23.0. The molecule has 0 fully saturated rings. The zero-order chi connectivity index (χ0) is 22.5. The smallest absolute Gasteiger partial charge is 0.175 e. The van der Waals surface area contributed by atoms with Crippen LogP contribution in [0, 0.1) is 0 Å². The minimum atomic E-state index is 0.246. The standard InChI is InChI=1S/C25H23BrCl2N2O2/c1-31-24-12-16(13-29-10-9-17-14-30-23-8-3-2-5-18(17)23)11-20(26)25(24)32-15-19-21(27)6-4-7-22(19)28/h2-8,11-12,14,29-30H,9-10,13,15H2,1H3. The molecule has 0 amide bonds. The van der Waals surface area contributed by atoms with Gasteiger partial charge in [0.15, 0.2) is 11.5 Å². The molecule has 0 aliphatic carbocycles. The van der Waals surface area contributed by atoms with Crippen LogP contribution in [0.3, 0.4) is 0 Å². The van der Waals surface area contributed by atoms with Gasteiger partial charge in [0.2, 0.25) is 0 Å². The highest BCUT2D eigenvalue weighted by molar-refractivity contribution is 9.10. The Balaban J connectivity index is 1.38. The van der Waals surface area contributed by atoms with Crippen LogP contribution in [0.2, 0.25) is 10.0 Å². The number of ether oxygens (including phenoxy) is 2. The molecule has 0 radical (unpaired) electrons. The lowest BCUT2D eigenvalue weighted by Gasteiger charge is -2.16. The molecule has 0 unspecified atom stereocenters. The summed E-state index contributed by atoms with van der Waals surface area (Å²) < 4.78 is 12.4. The number of methoxy groups -OCH3 is 1. The molecule has 0 bridgehead atoms. The summed E-state index contributed by atoms with van der Waals surface area (Å²) in [5, 5.41) is 5.93. The highest BCUT2D eigenvalue weighted by atomic mass is 79.9. The molecule has 0 saturated heterocycles. The molecule has 1 aromatic heterocycles. The van der Waals surface area contributed by atoms with Gasteiger partial charge in [-0.1, -0.05) is 47.5 Å². The Morgan fingerprint density at radius 2 is 1.81 bits per heavy atom. The molecule has 4 nitrogen and oxygen atoms in total. The highest BCUT2D eigenvalue weighted by Crippen LogP contribution is 2.38. The van der Waals surface area contributed by atoms with E-state index in [-0.39, 0.29) is 6.61 Å². The van der Waals surface area contributed by atoms with Crippen LogP contribution in [-0.2, 0) is 19.6 Å². The van der Waals surface area contributed by atoms with E-state index in [1.54, 1.807) is 19.2 Å². The van der Waals surface area contributed by atoms with Crippen LogP contribution in [0.15, 0.2) is 65.3 Å². The summed E-state index contributed by atoms with van der Waals surface area (Å²) in [6.45, 7) is 1.83. The summed E-state index contributed by atoms with van der Waals surface area (Å²) in [4.78, 5) is 3.33. The number of hydrogen-bond acceptors (Lipinski definition) is 3. The van der Waals surface area contributed by atoms with Gasteiger partial charge < -0.3 is 19.8 Å². The van der Waals surface area contributed by atoms with Gasteiger partial charge in [-0.05, 0) is 70.4 Å². The zero-order valence-corrected chi connectivity index (χ0v) is 20.7. The van der Waals surface area contributed by atoms with Gasteiger partial charge in [-0.2, -0.15) is 0 Å². The van der Waals surface area contributed by atoms with E-state index < -0.39 is 0 Å². The molecule has 0 spiro atoms. The number of nitrogens with one attached hydrogen (secondary N) is 2. The molecule has 0 aliphatic heterocycles. The van der Waals surface area contributed by atoms with Crippen molar-refractivity contribution in [1.82, 2.24) is 10.3 Å². The molecule has 0 saturated carbocycles. The van der Waals surface area contributed by atoms with Crippen LogP contribution in [-0.4, -0.2) is 18.6 Å². The Morgan fingerprint density at radius 3 is 2.59 bits per heavy atom. The summed E-state index contributed by atoms with van der Waals surface area (Å²) in [7, 11) is 1.63. The number of aromatic nitrogens is 1. The lowest BCUT2D eigenvalue weighted by atomic mass is 10.1. The summed E-state index contributed by atoms with van der Waals surface area (Å²) >= 11 is 16.1. The summed E-state index contributed by atoms with van der Waals surface area (Å²) in [5.74, 6) is 1.27. The normalized spacial score (nSPS) is 11.1. The quantitative estimate of drug-likeness (QED) is 0.224. The number of hydrogen-bond donors (Lipinski definition) is 2. The van der Waals surface area contributed by atoms with Gasteiger partial charge in [0.05, 0.1) is 11.6 Å². The highest BCUT2D eigenvalue weighted by Gasteiger charge is 2.14. The SMILES string of the molecule is COc1cc(CNCCc2c[nH]c3ccccc23)cc(Br)c1OCc1c(Cl)cccc1Cl. The number of fused-ring (bicyclic) bond motifs is 1. The summed E-state index contributed by atoms with van der Waals surface area (Å²) in [5.41, 5.74) is 4.32. The molecule has 4 aromatic rings. The first-order valence-corrected chi connectivity index (χ1v) is 11.8. The third-order valence-electron chi connectivity index (χ3n) is 5.29. The Hall–Kier alpha value is -2.18. The Morgan fingerprint density at radius 1 is 1.03 bits per heavy atom. The lowest BCUT2D eigenvalue weighted by molar-refractivity contribution is 0.282. The van der Waals surface area contributed by atoms with Gasteiger partial charge in [0.25, 0.3) is 0 Å². The minimum absolute atomic E-state index is 0.246. The van der Waals surface area contributed by atoms with Crippen molar-refractivity contribution in [1.29, 1.82) is 0 Å². The van der Waals surface area contributed by atoms with Gasteiger partial charge in [-0.3, -0.25) is 0 Å². The average Bonchev–Trinajstić information content (AvgIpc) is 3.20. The number of rotatable bonds is 9. The molecule has 3 aromatic carbocycles. The van der Waals surface area contributed by atoms with E-state index in [0.717, 1.165) is 28.6 Å². The molecule has 32 heavy (non-hydrogen) atoms. The van der Waals surface area contributed by atoms with Gasteiger partial charge in [-0.25, -0.2) is 0 Å². The molecule has 166 valence electrons. The Labute approximate surface area is 206 Å². The zero-order valence-electron chi connectivity index (χ0n) is 17.6.